The fraction of sp³-hybridized carbons (Fsp3) is 0.364. The quantitative estimate of drug-likeness (QED) is 0.760. The molecule has 0 saturated heterocycles. The Kier molecular flexibility index (Phi) is 2.82. The minimum Gasteiger partial charge on any atom is -0.465 e. The SMILES string of the molecule is COC(=O)c1ccc2c(c1)NCC(C)S2(=O)=O. The monoisotopic (exact) mass is 255 g/mol. The van der Waals surface area contributed by atoms with Gasteiger partial charge in [0.25, 0.3) is 0 Å². The number of sulfone groups is 1. The van der Waals surface area contributed by atoms with Crippen molar-refractivity contribution in [1.82, 2.24) is 0 Å². The smallest absolute Gasteiger partial charge is 0.337 e. The molecule has 0 bridgehead atoms. The van der Waals surface area contributed by atoms with Crippen molar-refractivity contribution in [1.29, 1.82) is 0 Å². The van der Waals surface area contributed by atoms with Crippen molar-refractivity contribution in [2.45, 2.75) is 17.1 Å². The fourth-order valence-electron chi connectivity index (χ4n) is 1.74. The Labute approximate surface area is 99.7 Å². The summed E-state index contributed by atoms with van der Waals surface area (Å²) in [6.07, 6.45) is 0. The molecule has 0 spiro atoms. The summed E-state index contributed by atoms with van der Waals surface area (Å²) < 4.78 is 28.6. The van der Waals surface area contributed by atoms with E-state index >= 15 is 0 Å². The Hall–Kier alpha value is -1.56. The lowest BCUT2D eigenvalue weighted by molar-refractivity contribution is 0.0600. The Morgan fingerprint density at radius 2 is 2.18 bits per heavy atom. The molecule has 17 heavy (non-hydrogen) atoms. The van der Waals surface area contributed by atoms with Gasteiger partial charge in [-0.25, -0.2) is 13.2 Å². The molecule has 1 heterocycles. The van der Waals surface area contributed by atoms with Gasteiger partial charge in [0.05, 0.1) is 28.5 Å². The third-order valence-corrected chi connectivity index (χ3v) is 5.01. The van der Waals surface area contributed by atoms with Gasteiger partial charge in [-0.15, -0.1) is 0 Å². The van der Waals surface area contributed by atoms with E-state index in [2.05, 4.69) is 10.1 Å². The Morgan fingerprint density at radius 1 is 1.47 bits per heavy atom. The maximum absolute atomic E-state index is 12.0. The summed E-state index contributed by atoms with van der Waals surface area (Å²) in [5.41, 5.74) is 0.800. The molecule has 0 aliphatic carbocycles. The zero-order valence-corrected chi connectivity index (χ0v) is 10.4. The fourth-order valence-corrected chi connectivity index (χ4v) is 3.17. The zero-order valence-electron chi connectivity index (χ0n) is 9.56. The highest BCUT2D eigenvalue weighted by Crippen LogP contribution is 2.30. The molecule has 0 aromatic heterocycles. The molecule has 1 aromatic rings. The number of benzene rings is 1. The molecule has 0 radical (unpaired) electrons. The predicted molar refractivity (Wildman–Crippen MR) is 62.9 cm³/mol. The molecule has 6 heteroatoms. The van der Waals surface area contributed by atoms with E-state index in [0.29, 0.717) is 17.8 Å². The van der Waals surface area contributed by atoms with Crippen LogP contribution in [0, 0.1) is 0 Å². The van der Waals surface area contributed by atoms with Crippen LogP contribution in [-0.4, -0.2) is 33.3 Å². The molecule has 2 rings (SSSR count). The molecule has 1 atom stereocenters. The number of carbonyl (C=O) groups excluding carboxylic acids is 1. The lowest BCUT2D eigenvalue weighted by Crippen LogP contribution is -2.32. The molecule has 1 unspecified atom stereocenters. The average Bonchev–Trinajstić information content (AvgIpc) is 2.33. The van der Waals surface area contributed by atoms with Crippen molar-refractivity contribution in [2.24, 2.45) is 0 Å². The molecule has 1 aliphatic heterocycles. The molecule has 0 amide bonds. The van der Waals surface area contributed by atoms with E-state index in [1.165, 1.54) is 25.3 Å². The topological polar surface area (TPSA) is 72.5 Å². The second-order valence-corrected chi connectivity index (χ2v) is 6.27. The highest BCUT2D eigenvalue weighted by Gasteiger charge is 2.30. The van der Waals surface area contributed by atoms with Crippen LogP contribution in [-0.2, 0) is 14.6 Å². The summed E-state index contributed by atoms with van der Waals surface area (Å²) in [7, 11) is -2.00. The second-order valence-electron chi connectivity index (χ2n) is 3.94. The van der Waals surface area contributed by atoms with Gasteiger partial charge in [-0.3, -0.25) is 0 Å². The highest BCUT2D eigenvalue weighted by atomic mass is 32.2. The molecule has 0 saturated carbocycles. The largest absolute Gasteiger partial charge is 0.465 e. The third kappa shape index (κ3) is 1.88. The van der Waals surface area contributed by atoms with Gasteiger partial charge >= 0.3 is 5.97 Å². The summed E-state index contributed by atoms with van der Waals surface area (Å²) >= 11 is 0. The zero-order chi connectivity index (χ0) is 12.6. The number of carbonyl (C=O) groups is 1. The average molecular weight is 255 g/mol. The number of anilines is 1. The number of ether oxygens (including phenoxy) is 1. The molecular formula is C11H13NO4S. The van der Waals surface area contributed by atoms with Crippen LogP contribution in [0.5, 0.6) is 0 Å². The van der Waals surface area contributed by atoms with Gasteiger partial charge in [-0.05, 0) is 25.1 Å². The van der Waals surface area contributed by atoms with Gasteiger partial charge < -0.3 is 10.1 Å². The van der Waals surface area contributed by atoms with Crippen molar-refractivity contribution in [3.8, 4) is 0 Å². The van der Waals surface area contributed by atoms with E-state index < -0.39 is 21.1 Å². The van der Waals surface area contributed by atoms with Gasteiger partial charge in [0.1, 0.15) is 0 Å². The predicted octanol–water partition coefficient (Wildman–Crippen LogP) is 1.06. The lowest BCUT2D eigenvalue weighted by Gasteiger charge is -2.23. The first kappa shape index (κ1) is 11.9. The van der Waals surface area contributed by atoms with E-state index in [9.17, 15) is 13.2 Å². The third-order valence-electron chi connectivity index (χ3n) is 2.82. The van der Waals surface area contributed by atoms with Crippen molar-refractivity contribution in [3.05, 3.63) is 23.8 Å². The van der Waals surface area contributed by atoms with Crippen molar-refractivity contribution in [2.75, 3.05) is 19.0 Å². The molecule has 1 aromatic carbocycles. The van der Waals surface area contributed by atoms with Crippen LogP contribution in [0.4, 0.5) is 5.69 Å². The lowest BCUT2D eigenvalue weighted by atomic mass is 10.2. The van der Waals surface area contributed by atoms with Gasteiger partial charge in [0.15, 0.2) is 9.84 Å². The summed E-state index contributed by atoms with van der Waals surface area (Å²) in [5, 5.41) is 2.54. The number of esters is 1. The minimum absolute atomic E-state index is 0.240. The summed E-state index contributed by atoms with van der Waals surface area (Å²) in [6, 6.07) is 4.41. The van der Waals surface area contributed by atoms with Crippen LogP contribution in [0.2, 0.25) is 0 Å². The Balaban J connectivity index is 2.53. The standard InChI is InChI=1S/C11H13NO4S/c1-7-6-12-9-5-8(11(13)16-2)3-4-10(9)17(7,14)15/h3-5,7,12H,6H2,1-2H3. The Morgan fingerprint density at radius 3 is 2.82 bits per heavy atom. The van der Waals surface area contributed by atoms with Gasteiger partial charge in [-0.2, -0.15) is 0 Å². The summed E-state index contributed by atoms with van der Waals surface area (Å²) in [5.74, 6) is -0.481. The number of hydrogen-bond acceptors (Lipinski definition) is 5. The van der Waals surface area contributed by atoms with Gasteiger partial charge in [0.2, 0.25) is 0 Å². The van der Waals surface area contributed by atoms with Gasteiger partial charge in [0, 0.05) is 6.54 Å². The normalized spacial score (nSPS) is 21.2. The summed E-state index contributed by atoms with van der Waals surface area (Å²) in [6.45, 7) is 2.00. The van der Waals surface area contributed by atoms with Crippen LogP contribution in [0.3, 0.4) is 0 Å². The van der Waals surface area contributed by atoms with Crippen molar-refractivity contribution >= 4 is 21.5 Å². The number of hydrogen-bond donors (Lipinski definition) is 1. The van der Waals surface area contributed by atoms with E-state index in [1.807, 2.05) is 0 Å². The number of fused-ring (bicyclic) bond motifs is 1. The van der Waals surface area contributed by atoms with Crippen LogP contribution < -0.4 is 5.32 Å². The summed E-state index contributed by atoms with van der Waals surface area (Å²) in [4.78, 5) is 11.6. The molecule has 5 nitrogen and oxygen atoms in total. The first-order valence-electron chi connectivity index (χ1n) is 5.17. The molecule has 0 fully saturated rings. The number of rotatable bonds is 1. The highest BCUT2D eigenvalue weighted by molar-refractivity contribution is 7.92. The van der Waals surface area contributed by atoms with Crippen LogP contribution in [0.1, 0.15) is 17.3 Å². The van der Waals surface area contributed by atoms with Gasteiger partial charge in [-0.1, -0.05) is 0 Å². The number of methoxy groups -OCH3 is 1. The van der Waals surface area contributed by atoms with E-state index in [0.717, 1.165) is 0 Å². The first-order chi connectivity index (χ1) is 7.96. The van der Waals surface area contributed by atoms with E-state index in [-0.39, 0.29) is 4.90 Å². The van der Waals surface area contributed by atoms with E-state index in [1.54, 1.807) is 6.92 Å². The minimum atomic E-state index is -3.28. The van der Waals surface area contributed by atoms with Crippen LogP contribution in [0.25, 0.3) is 0 Å². The van der Waals surface area contributed by atoms with Crippen molar-refractivity contribution in [3.63, 3.8) is 0 Å². The maximum atomic E-state index is 12.0. The molecule has 1 N–H and O–H groups in total. The molecular weight excluding hydrogens is 242 g/mol. The molecule has 1 aliphatic rings. The maximum Gasteiger partial charge on any atom is 0.337 e. The Bertz CT molecular complexity index is 565. The van der Waals surface area contributed by atoms with Crippen molar-refractivity contribution < 1.29 is 17.9 Å². The second kappa shape index (κ2) is 4.03. The van der Waals surface area contributed by atoms with Crippen LogP contribution >= 0.6 is 0 Å². The van der Waals surface area contributed by atoms with E-state index in [4.69, 9.17) is 0 Å². The first-order valence-corrected chi connectivity index (χ1v) is 6.71. The molecule has 92 valence electrons. The number of nitrogens with one attached hydrogen (secondary N) is 1. The van der Waals surface area contributed by atoms with Crippen LogP contribution in [0.15, 0.2) is 23.1 Å².